The van der Waals surface area contributed by atoms with Crippen molar-refractivity contribution in [1.29, 1.82) is 0 Å². The zero-order valence-corrected chi connectivity index (χ0v) is 16.7. The summed E-state index contributed by atoms with van der Waals surface area (Å²) < 4.78 is 14.7. The SMILES string of the molecule is C[C@@H]1[C@H](C)CCC[C@@H]1NC(=O)[C@@H](C)Sc1nnc(-c2cccc(F)c2)n1N. The molecule has 0 aliphatic heterocycles. The van der Waals surface area contributed by atoms with Gasteiger partial charge in [-0.1, -0.05) is 50.6 Å². The first-order chi connectivity index (χ1) is 12.9. The largest absolute Gasteiger partial charge is 0.352 e. The van der Waals surface area contributed by atoms with Crippen LogP contribution < -0.4 is 11.2 Å². The number of halogens is 1. The van der Waals surface area contributed by atoms with E-state index in [2.05, 4.69) is 29.4 Å². The minimum absolute atomic E-state index is 0.0266. The fourth-order valence-corrected chi connectivity index (χ4v) is 4.26. The Balaban J connectivity index is 1.65. The van der Waals surface area contributed by atoms with Gasteiger partial charge >= 0.3 is 0 Å². The molecule has 146 valence electrons. The number of nitrogens with zero attached hydrogens (tertiary/aromatic N) is 3. The number of thioether (sulfide) groups is 1. The second kappa shape index (κ2) is 8.29. The molecule has 4 atom stereocenters. The van der Waals surface area contributed by atoms with Crippen molar-refractivity contribution in [3.8, 4) is 11.4 Å². The zero-order chi connectivity index (χ0) is 19.6. The van der Waals surface area contributed by atoms with Gasteiger partial charge in [0.2, 0.25) is 11.1 Å². The third kappa shape index (κ3) is 4.43. The van der Waals surface area contributed by atoms with Crippen molar-refractivity contribution < 1.29 is 9.18 Å². The highest BCUT2D eigenvalue weighted by molar-refractivity contribution is 8.00. The highest BCUT2D eigenvalue weighted by Crippen LogP contribution is 2.30. The fraction of sp³-hybridized carbons (Fsp3) is 0.526. The Morgan fingerprint density at radius 3 is 2.89 bits per heavy atom. The Kier molecular flexibility index (Phi) is 6.04. The lowest BCUT2D eigenvalue weighted by molar-refractivity contribution is -0.121. The molecule has 6 nitrogen and oxygen atoms in total. The first-order valence-corrected chi connectivity index (χ1v) is 10.2. The van der Waals surface area contributed by atoms with Gasteiger partial charge < -0.3 is 11.2 Å². The van der Waals surface area contributed by atoms with E-state index < -0.39 is 0 Å². The molecule has 1 amide bonds. The van der Waals surface area contributed by atoms with Crippen LogP contribution in [-0.2, 0) is 4.79 Å². The predicted molar refractivity (Wildman–Crippen MR) is 105 cm³/mol. The van der Waals surface area contributed by atoms with Gasteiger partial charge in [0.25, 0.3) is 0 Å². The maximum absolute atomic E-state index is 13.4. The topological polar surface area (TPSA) is 85.8 Å². The normalized spacial score (nSPS) is 23.8. The molecule has 0 saturated heterocycles. The summed E-state index contributed by atoms with van der Waals surface area (Å²) in [6.45, 7) is 6.27. The van der Waals surface area contributed by atoms with Crippen molar-refractivity contribution in [3.63, 3.8) is 0 Å². The van der Waals surface area contributed by atoms with Crippen molar-refractivity contribution >= 4 is 17.7 Å². The van der Waals surface area contributed by atoms with Crippen LogP contribution in [0.2, 0.25) is 0 Å². The molecule has 1 aliphatic carbocycles. The van der Waals surface area contributed by atoms with E-state index in [1.165, 1.54) is 35.0 Å². The van der Waals surface area contributed by atoms with Gasteiger partial charge in [0.05, 0.1) is 5.25 Å². The average molecular weight is 392 g/mol. The van der Waals surface area contributed by atoms with Crippen LogP contribution in [0.1, 0.15) is 40.0 Å². The molecule has 0 bridgehead atoms. The van der Waals surface area contributed by atoms with Crippen molar-refractivity contribution in [2.75, 3.05) is 5.84 Å². The second-order valence-electron chi connectivity index (χ2n) is 7.33. The molecule has 0 radical (unpaired) electrons. The molecule has 2 aromatic rings. The Morgan fingerprint density at radius 2 is 2.15 bits per heavy atom. The van der Waals surface area contributed by atoms with Gasteiger partial charge in [0.1, 0.15) is 5.82 Å². The highest BCUT2D eigenvalue weighted by atomic mass is 32.2. The van der Waals surface area contributed by atoms with Gasteiger partial charge in [-0.25, -0.2) is 9.07 Å². The van der Waals surface area contributed by atoms with Crippen LogP contribution in [0.5, 0.6) is 0 Å². The lowest BCUT2D eigenvalue weighted by Crippen LogP contribution is -2.46. The maximum Gasteiger partial charge on any atom is 0.233 e. The number of nitrogens with one attached hydrogen (secondary N) is 1. The van der Waals surface area contributed by atoms with Crippen LogP contribution in [0.25, 0.3) is 11.4 Å². The second-order valence-corrected chi connectivity index (χ2v) is 8.64. The Labute approximate surface area is 163 Å². The van der Waals surface area contributed by atoms with E-state index in [0.717, 1.165) is 12.8 Å². The van der Waals surface area contributed by atoms with Crippen molar-refractivity contribution in [1.82, 2.24) is 20.2 Å². The van der Waals surface area contributed by atoms with Gasteiger partial charge in [0, 0.05) is 11.6 Å². The molecule has 0 unspecified atom stereocenters. The minimum Gasteiger partial charge on any atom is -0.352 e. The lowest BCUT2D eigenvalue weighted by Gasteiger charge is -2.35. The zero-order valence-electron chi connectivity index (χ0n) is 15.9. The summed E-state index contributed by atoms with van der Waals surface area (Å²) in [5.41, 5.74) is 0.541. The van der Waals surface area contributed by atoms with E-state index in [-0.39, 0.29) is 23.0 Å². The number of nitrogens with two attached hydrogens (primary N) is 1. The quantitative estimate of drug-likeness (QED) is 0.604. The molecule has 1 saturated carbocycles. The number of benzene rings is 1. The van der Waals surface area contributed by atoms with Gasteiger partial charge in [0.15, 0.2) is 5.82 Å². The van der Waals surface area contributed by atoms with Crippen LogP contribution in [0.4, 0.5) is 4.39 Å². The predicted octanol–water partition coefficient (Wildman–Crippen LogP) is 3.22. The summed E-state index contributed by atoms with van der Waals surface area (Å²) in [7, 11) is 0. The van der Waals surface area contributed by atoms with Crippen molar-refractivity contribution in [2.24, 2.45) is 11.8 Å². The van der Waals surface area contributed by atoms with Gasteiger partial charge in [-0.05, 0) is 37.3 Å². The fourth-order valence-electron chi connectivity index (χ4n) is 3.48. The van der Waals surface area contributed by atoms with Crippen LogP contribution in [0.3, 0.4) is 0 Å². The van der Waals surface area contributed by atoms with Crippen LogP contribution in [0, 0.1) is 17.7 Å². The molecule has 3 rings (SSSR count). The van der Waals surface area contributed by atoms with E-state index in [1.807, 2.05) is 6.92 Å². The third-order valence-corrected chi connectivity index (χ3v) is 6.49. The van der Waals surface area contributed by atoms with Gasteiger partial charge in [-0.15, -0.1) is 10.2 Å². The number of rotatable bonds is 5. The number of amides is 1. The van der Waals surface area contributed by atoms with Crippen LogP contribution in [0.15, 0.2) is 29.4 Å². The average Bonchev–Trinajstić information content (AvgIpc) is 2.99. The number of carbonyl (C=O) groups is 1. The third-order valence-electron chi connectivity index (χ3n) is 5.43. The summed E-state index contributed by atoms with van der Waals surface area (Å²) in [6.07, 6.45) is 3.38. The molecular formula is C19H26FN5OS. The summed E-state index contributed by atoms with van der Waals surface area (Å²) in [6, 6.07) is 6.23. The number of aromatic nitrogens is 3. The molecule has 1 fully saturated rings. The van der Waals surface area contributed by atoms with E-state index in [4.69, 9.17) is 5.84 Å². The first kappa shape index (κ1) is 19.7. The molecule has 27 heavy (non-hydrogen) atoms. The van der Waals surface area contributed by atoms with E-state index in [0.29, 0.717) is 28.4 Å². The number of carbonyl (C=O) groups excluding carboxylic acids is 1. The van der Waals surface area contributed by atoms with Crippen molar-refractivity contribution in [3.05, 3.63) is 30.1 Å². The number of hydrogen-bond acceptors (Lipinski definition) is 5. The summed E-state index contributed by atoms with van der Waals surface area (Å²) >= 11 is 1.25. The van der Waals surface area contributed by atoms with Crippen LogP contribution >= 0.6 is 11.8 Å². The summed E-state index contributed by atoms with van der Waals surface area (Å²) in [4.78, 5) is 12.6. The Hall–Kier alpha value is -2.09. The maximum atomic E-state index is 13.4. The molecule has 1 aliphatic rings. The molecular weight excluding hydrogens is 365 g/mol. The minimum atomic E-state index is -0.367. The van der Waals surface area contributed by atoms with E-state index >= 15 is 0 Å². The molecule has 1 heterocycles. The monoisotopic (exact) mass is 391 g/mol. The van der Waals surface area contributed by atoms with Crippen LogP contribution in [-0.4, -0.2) is 32.1 Å². The van der Waals surface area contributed by atoms with Crippen molar-refractivity contribution in [2.45, 2.75) is 56.5 Å². The van der Waals surface area contributed by atoms with Gasteiger partial charge in [-0.2, -0.15) is 0 Å². The summed E-state index contributed by atoms with van der Waals surface area (Å²) in [5, 5.41) is 11.3. The Bertz CT molecular complexity index is 811. The smallest absolute Gasteiger partial charge is 0.233 e. The summed E-state index contributed by atoms with van der Waals surface area (Å²) in [5.74, 6) is 7.13. The highest BCUT2D eigenvalue weighted by Gasteiger charge is 2.30. The standard InChI is InChI=1S/C19H26FN5OS/c1-11-6-4-9-16(12(11)2)22-18(26)13(3)27-19-24-23-17(25(19)21)14-7-5-8-15(20)10-14/h5,7-8,10-13,16H,4,6,9,21H2,1-3H3,(H,22,26)/t11-,12-,13-,16+/m1/s1. The number of nitrogen functional groups attached to an aromatic ring is 1. The van der Waals surface area contributed by atoms with E-state index in [9.17, 15) is 9.18 Å². The van der Waals surface area contributed by atoms with E-state index in [1.54, 1.807) is 12.1 Å². The van der Waals surface area contributed by atoms with Gasteiger partial charge in [-0.3, -0.25) is 4.79 Å². The lowest BCUT2D eigenvalue weighted by atomic mass is 9.78. The molecule has 1 aromatic heterocycles. The molecule has 1 aromatic carbocycles. The molecule has 8 heteroatoms. The molecule has 0 spiro atoms. The molecule has 3 N–H and O–H groups in total. The Morgan fingerprint density at radius 1 is 1.37 bits per heavy atom. The first-order valence-electron chi connectivity index (χ1n) is 9.30. The number of hydrogen-bond donors (Lipinski definition) is 2.